The third-order valence-electron chi connectivity index (χ3n) is 3.10. The maximum atomic E-state index is 12.1. The monoisotopic (exact) mass is 383 g/mol. The molecule has 0 spiro atoms. The summed E-state index contributed by atoms with van der Waals surface area (Å²) in [6.07, 6.45) is 0. The number of carbonyl (C=O) groups is 1. The predicted octanol–water partition coefficient (Wildman–Crippen LogP) is 2.30. The normalized spacial score (nSPS) is 11.5. The van der Waals surface area contributed by atoms with E-state index in [1.165, 1.54) is 24.5 Å². The van der Waals surface area contributed by atoms with Crippen molar-refractivity contribution in [2.45, 2.75) is 10.8 Å². The van der Waals surface area contributed by atoms with Gasteiger partial charge in [0.05, 0.1) is 11.4 Å². The molecule has 0 aromatic carbocycles. The molecule has 0 bridgehead atoms. The van der Waals surface area contributed by atoms with E-state index in [1.54, 1.807) is 12.1 Å². The minimum absolute atomic E-state index is 0.179. The van der Waals surface area contributed by atoms with Crippen LogP contribution in [0.25, 0.3) is 10.6 Å². The van der Waals surface area contributed by atoms with Gasteiger partial charge >= 0.3 is 0 Å². The molecule has 0 saturated carbocycles. The lowest BCUT2D eigenvalue weighted by molar-refractivity contribution is 0.0942. The van der Waals surface area contributed by atoms with Crippen molar-refractivity contribution in [2.24, 2.45) is 0 Å². The predicted molar refractivity (Wildman–Crippen MR) is 91.6 cm³/mol. The van der Waals surface area contributed by atoms with Gasteiger partial charge in [0, 0.05) is 10.9 Å². The van der Waals surface area contributed by atoms with Gasteiger partial charge in [-0.15, -0.1) is 22.7 Å². The molecule has 3 rings (SSSR count). The van der Waals surface area contributed by atoms with Gasteiger partial charge in [0.1, 0.15) is 4.21 Å². The van der Waals surface area contributed by atoms with Gasteiger partial charge in [-0.05, 0) is 30.6 Å². The summed E-state index contributed by atoms with van der Waals surface area (Å²) in [5.74, 6) is 0.154. The molecule has 126 valence electrons. The average Bonchev–Trinajstić information content (AvgIpc) is 3.33. The first-order valence-electron chi connectivity index (χ1n) is 6.80. The second-order valence-corrected chi connectivity index (χ2v) is 8.89. The van der Waals surface area contributed by atoms with Crippen molar-refractivity contribution in [3.05, 3.63) is 46.3 Å². The Labute approximate surface area is 146 Å². The summed E-state index contributed by atoms with van der Waals surface area (Å²) < 4.78 is 31.0. The van der Waals surface area contributed by atoms with Gasteiger partial charge in [0.25, 0.3) is 5.91 Å². The maximum absolute atomic E-state index is 12.1. The summed E-state index contributed by atoms with van der Waals surface area (Å²) in [6.45, 7) is 0.212. The lowest BCUT2D eigenvalue weighted by Gasteiger charge is -2.00. The first kappa shape index (κ1) is 16.8. The van der Waals surface area contributed by atoms with Crippen LogP contribution < -0.4 is 10.0 Å². The highest BCUT2D eigenvalue weighted by molar-refractivity contribution is 7.91. The average molecular weight is 383 g/mol. The number of hydrogen-bond donors (Lipinski definition) is 2. The number of hydrogen-bond acceptors (Lipinski definition) is 7. The number of nitrogens with zero attached hydrogens (tertiary/aromatic N) is 1. The SMILES string of the molecule is CNS(=O)(=O)c1ccc(CNC(=O)c2cc(-c3cccs3)on2)s1. The fourth-order valence-electron chi connectivity index (χ4n) is 1.87. The van der Waals surface area contributed by atoms with Crippen molar-refractivity contribution in [1.82, 2.24) is 15.2 Å². The van der Waals surface area contributed by atoms with Crippen LogP contribution in [0.2, 0.25) is 0 Å². The number of aromatic nitrogens is 1. The van der Waals surface area contributed by atoms with Crippen molar-refractivity contribution in [3.8, 4) is 10.6 Å². The summed E-state index contributed by atoms with van der Waals surface area (Å²) in [6, 6.07) is 8.50. The Morgan fingerprint density at radius 2 is 2.17 bits per heavy atom. The number of thiophene rings is 2. The van der Waals surface area contributed by atoms with Gasteiger partial charge in [-0.2, -0.15) is 0 Å². The summed E-state index contributed by atoms with van der Waals surface area (Å²) >= 11 is 2.59. The maximum Gasteiger partial charge on any atom is 0.273 e. The molecule has 24 heavy (non-hydrogen) atoms. The third-order valence-corrected chi connectivity index (χ3v) is 6.98. The Hall–Kier alpha value is -2.01. The fraction of sp³-hybridized carbons (Fsp3) is 0.143. The summed E-state index contributed by atoms with van der Waals surface area (Å²) in [7, 11) is -2.11. The van der Waals surface area contributed by atoms with Gasteiger partial charge < -0.3 is 9.84 Å². The van der Waals surface area contributed by atoms with E-state index >= 15 is 0 Å². The molecule has 3 aromatic rings. The minimum Gasteiger partial charge on any atom is -0.355 e. The molecule has 0 fully saturated rings. The summed E-state index contributed by atoms with van der Waals surface area (Å²) in [5.41, 5.74) is 0.179. The van der Waals surface area contributed by atoms with Crippen molar-refractivity contribution in [2.75, 3.05) is 7.05 Å². The Kier molecular flexibility index (Phi) is 4.81. The molecule has 10 heteroatoms. The highest BCUT2D eigenvalue weighted by Gasteiger charge is 2.16. The van der Waals surface area contributed by atoms with E-state index in [-0.39, 0.29) is 22.4 Å². The van der Waals surface area contributed by atoms with Crippen LogP contribution in [0.4, 0.5) is 0 Å². The zero-order valence-corrected chi connectivity index (χ0v) is 14.9. The molecule has 0 aliphatic carbocycles. The van der Waals surface area contributed by atoms with Gasteiger partial charge in [-0.3, -0.25) is 4.79 Å². The van der Waals surface area contributed by atoms with E-state index in [0.717, 1.165) is 21.1 Å². The Balaban J connectivity index is 1.64. The number of sulfonamides is 1. The van der Waals surface area contributed by atoms with E-state index in [0.29, 0.717) is 5.76 Å². The second kappa shape index (κ2) is 6.85. The first-order valence-corrected chi connectivity index (χ1v) is 9.98. The van der Waals surface area contributed by atoms with Crippen LogP contribution in [0.3, 0.4) is 0 Å². The van der Waals surface area contributed by atoms with Gasteiger partial charge in [-0.1, -0.05) is 11.2 Å². The zero-order valence-electron chi connectivity index (χ0n) is 12.5. The highest BCUT2D eigenvalue weighted by atomic mass is 32.2. The van der Waals surface area contributed by atoms with Crippen LogP contribution in [-0.4, -0.2) is 26.5 Å². The third kappa shape index (κ3) is 3.56. The van der Waals surface area contributed by atoms with Crippen molar-refractivity contribution in [3.63, 3.8) is 0 Å². The Morgan fingerprint density at radius 3 is 2.88 bits per heavy atom. The second-order valence-electron chi connectivity index (χ2n) is 4.66. The topological polar surface area (TPSA) is 101 Å². The summed E-state index contributed by atoms with van der Waals surface area (Å²) in [5, 5.41) is 8.36. The Morgan fingerprint density at radius 1 is 1.33 bits per heavy atom. The van der Waals surface area contributed by atoms with Crippen LogP contribution in [0.5, 0.6) is 0 Å². The number of nitrogens with one attached hydrogen (secondary N) is 2. The lowest BCUT2D eigenvalue weighted by atomic mass is 10.3. The van der Waals surface area contributed by atoms with Crippen LogP contribution >= 0.6 is 22.7 Å². The molecule has 3 heterocycles. The Bertz CT molecular complexity index is 942. The van der Waals surface area contributed by atoms with Crippen LogP contribution in [-0.2, 0) is 16.6 Å². The van der Waals surface area contributed by atoms with Crippen LogP contribution in [0.15, 0.2) is 44.4 Å². The molecule has 0 aliphatic rings. The van der Waals surface area contributed by atoms with Crippen LogP contribution in [0.1, 0.15) is 15.4 Å². The van der Waals surface area contributed by atoms with Crippen molar-refractivity contribution in [1.29, 1.82) is 0 Å². The van der Waals surface area contributed by atoms with E-state index in [4.69, 9.17) is 4.52 Å². The van der Waals surface area contributed by atoms with Gasteiger partial charge in [-0.25, -0.2) is 13.1 Å². The smallest absolute Gasteiger partial charge is 0.273 e. The number of carbonyl (C=O) groups excluding carboxylic acids is 1. The molecule has 3 aromatic heterocycles. The van der Waals surface area contributed by atoms with Crippen molar-refractivity contribution < 1.29 is 17.7 Å². The number of rotatable bonds is 6. The minimum atomic E-state index is -3.46. The molecule has 0 saturated heterocycles. The molecule has 0 radical (unpaired) electrons. The van der Waals surface area contributed by atoms with Crippen molar-refractivity contribution >= 4 is 38.6 Å². The molecule has 0 atom stereocenters. The quantitative estimate of drug-likeness (QED) is 0.680. The summed E-state index contributed by atoms with van der Waals surface area (Å²) in [4.78, 5) is 13.7. The molecular weight excluding hydrogens is 370 g/mol. The first-order chi connectivity index (χ1) is 11.5. The number of amides is 1. The molecule has 2 N–H and O–H groups in total. The lowest BCUT2D eigenvalue weighted by Crippen LogP contribution is -2.22. The van der Waals surface area contributed by atoms with E-state index in [9.17, 15) is 13.2 Å². The molecule has 1 amide bonds. The molecule has 0 unspecified atom stereocenters. The van der Waals surface area contributed by atoms with Gasteiger partial charge in [0.15, 0.2) is 11.5 Å². The molecular formula is C14H13N3O4S3. The highest BCUT2D eigenvalue weighted by Crippen LogP contribution is 2.25. The largest absolute Gasteiger partial charge is 0.355 e. The fourth-order valence-corrected chi connectivity index (χ4v) is 4.68. The molecule has 7 nitrogen and oxygen atoms in total. The molecule has 0 aliphatic heterocycles. The standard InChI is InChI=1S/C14H13N3O4S3/c1-15-24(19,20)13-5-4-9(23-13)8-16-14(18)10-7-11(21-17-10)12-3-2-6-22-12/h2-7,15H,8H2,1H3,(H,16,18). The van der Waals surface area contributed by atoms with E-state index < -0.39 is 10.0 Å². The zero-order chi connectivity index (χ0) is 17.2. The van der Waals surface area contributed by atoms with Crippen LogP contribution in [0, 0.1) is 0 Å². The van der Waals surface area contributed by atoms with E-state index in [2.05, 4.69) is 15.2 Å². The van der Waals surface area contributed by atoms with Gasteiger partial charge in [0.2, 0.25) is 10.0 Å². The van der Waals surface area contributed by atoms with E-state index in [1.807, 2.05) is 17.5 Å².